The second-order valence-electron chi connectivity index (χ2n) is 7.03. The third-order valence-electron chi connectivity index (χ3n) is 5.29. The van der Waals surface area contributed by atoms with Crippen LogP contribution in [0.1, 0.15) is 43.5 Å². The number of nitrogens with one attached hydrogen (secondary N) is 1. The monoisotopic (exact) mass is 374 g/mol. The van der Waals surface area contributed by atoms with E-state index in [1.807, 2.05) is 12.1 Å². The van der Waals surface area contributed by atoms with Crippen molar-refractivity contribution in [3.05, 3.63) is 41.0 Å². The number of pyridine rings is 1. The third-order valence-corrected chi connectivity index (χ3v) is 5.49. The van der Waals surface area contributed by atoms with E-state index in [2.05, 4.69) is 24.1 Å². The highest BCUT2D eigenvalue weighted by Crippen LogP contribution is 2.29. The molecule has 0 unspecified atom stereocenters. The summed E-state index contributed by atoms with van der Waals surface area (Å²) in [6, 6.07) is 8.79. The Balaban J connectivity index is 1.63. The van der Waals surface area contributed by atoms with Crippen molar-refractivity contribution < 1.29 is 14.3 Å². The van der Waals surface area contributed by atoms with Gasteiger partial charge in [0.1, 0.15) is 5.15 Å². The molecule has 138 valence electrons. The van der Waals surface area contributed by atoms with Gasteiger partial charge in [-0.3, -0.25) is 4.79 Å². The van der Waals surface area contributed by atoms with E-state index in [4.69, 9.17) is 16.3 Å². The van der Waals surface area contributed by atoms with Gasteiger partial charge in [0.15, 0.2) is 6.61 Å². The number of esters is 1. The Morgan fingerprint density at radius 1 is 1.27 bits per heavy atom. The fourth-order valence-corrected chi connectivity index (χ4v) is 3.76. The molecule has 5 nitrogen and oxygen atoms in total. The number of nitrogens with zero attached hydrogens (tertiary/aromatic N) is 1. The molecule has 0 spiro atoms. The smallest absolute Gasteiger partial charge is 0.339 e. The SMILES string of the molecule is C[C@@H]1[C@@H](C)CCC[C@H]1NC(=O)COC(=O)c1cc(Cl)nc2ccccc12. The standard InChI is InChI=1S/C20H23ClN2O3/c1-12-6-5-9-16(13(12)2)23-19(24)11-26-20(25)15-10-18(21)22-17-8-4-3-7-14(15)17/h3-4,7-8,10,12-13,16H,5-6,9,11H2,1-2H3,(H,23,24)/t12-,13+,16+/m0/s1. The number of carbonyl (C=O) groups is 2. The number of hydrogen-bond donors (Lipinski definition) is 1. The zero-order chi connectivity index (χ0) is 18.7. The molecular weight excluding hydrogens is 352 g/mol. The number of fused-ring (bicyclic) bond motifs is 1. The minimum absolute atomic E-state index is 0.140. The first-order valence-electron chi connectivity index (χ1n) is 8.97. The van der Waals surface area contributed by atoms with E-state index in [9.17, 15) is 9.59 Å². The van der Waals surface area contributed by atoms with Crippen LogP contribution in [0.2, 0.25) is 5.15 Å². The van der Waals surface area contributed by atoms with Gasteiger partial charge in [-0.05, 0) is 30.4 Å². The Bertz CT molecular complexity index is 824. The Kier molecular flexibility index (Phi) is 5.77. The molecule has 3 rings (SSSR count). The average Bonchev–Trinajstić information content (AvgIpc) is 2.62. The Labute approximate surface area is 158 Å². The van der Waals surface area contributed by atoms with Crippen molar-refractivity contribution in [3.63, 3.8) is 0 Å². The Hall–Kier alpha value is -2.14. The van der Waals surface area contributed by atoms with Gasteiger partial charge in [0.05, 0.1) is 11.1 Å². The summed E-state index contributed by atoms with van der Waals surface area (Å²) < 4.78 is 5.22. The molecule has 26 heavy (non-hydrogen) atoms. The number of aromatic nitrogens is 1. The molecule has 3 atom stereocenters. The van der Waals surface area contributed by atoms with Crippen LogP contribution in [0.15, 0.2) is 30.3 Å². The number of rotatable bonds is 4. The van der Waals surface area contributed by atoms with Gasteiger partial charge in [-0.2, -0.15) is 0 Å². The fraction of sp³-hybridized carbons (Fsp3) is 0.450. The van der Waals surface area contributed by atoms with Crippen LogP contribution in [-0.2, 0) is 9.53 Å². The van der Waals surface area contributed by atoms with Crippen LogP contribution >= 0.6 is 11.6 Å². The van der Waals surface area contributed by atoms with Gasteiger partial charge in [0, 0.05) is 11.4 Å². The molecule has 1 N–H and O–H groups in total. The summed E-state index contributed by atoms with van der Waals surface area (Å²) in [6.45, 7) is 4.07. The maximum absolute atomic E-state index is 12.4. The van der Waals surface area contributed by atoms with Crippen LogP contribution in [0.3, 0.4) is 0 Å². The zero-order valence-corrected chi connectivity index (χ0v) is 15.8. The zero-order valence-electron chi connectivity index (χ0n) is 15.0. The predicted octanol–water partition coefficient (Wildman–Crippen LogP) is 3.99. The summed E-state index contributed by atoms with van der Waals surface area (Å²) in [6.07, 6.45) is 3.27. The fourth-order valence-electron chi connectivity index (χ4n) is 3.55. The number of benzene rings is 1. The molecule has 1 amide bonds. The van der Waals surface area contributed by atoms with Gasteiger partial charge < -0.3 is 10.1 Å². The van der Waals surface area contributed by atoms with Gasteiger partial charge in [-0.1, -0.05) is 56.5 Å². The highest BCUT2D eigenvalue weighted by atomic mass is 35.5. The summed E-state index contributed by atoms with van der Waals surface area (Å²) in [7, 11) is 0. The Morgan fingerprint density at radius 3 is 2.85 bits per heavy atom. The van der Waals surface area contributed by atoms with Gasteiger partial charge in [0.2, 0.25) is 0 Å². The van der Waals surface area contributed by atoms with Crippen molar-refractivity contribution in [2.75, 3.05) is 6.61 Å². The van der Waals surface area contributed by atoms with E-state index in [-0.39, 0.29) is 23.7 Å². The summed E-state index contributed by atoms with van der Waals surface area (Å²) in [4.78, 5) is 28.8. The molecule has 2 aromatic rings. The summed E-state index contributed by atoms with van der Waals surface area (Å²) in [5, 5.41) is 3.86. The molecular formula is C20H23ClN2O3. The molecule has 0 aliphatic heterocycles. The highest BCUT2D eigenvalue weighted by Gasteiger charge is 2.28. The summed E-state index contributed by atoms with van der Waals surface area (Å²) in [5.74, 6) is 0.160. The molecule has 6 heteroatoms. The quantitative estimate of drug-likeness (QED) is 0.649. The van der Waals surface area contributed by atoms with Crippen molar-refractivity contribution >= 4 is 34.4 Å². The number of amides is 1. The van der Waals surface area contributed by atoms with Crippen LogP contribution in [0.25, 0.3) is 10.9 Å². The van der Waals surface area contributed by atoms with E-state index < -0.39 is 5.97 Å². The van der Waals surface area contributed by atoms with Crippen LogP contribution in [0.4, 0.5) is 0 Å². The lowest BCUT2D eigenvalue weighted by atomic mass is 9.78. The van der Waals surface area contributed by atoms with Crippen LogP contribution in [0, 0.1) is 11.8 Å². The molecule has 1 aromatic carbocycles. The first-order valence-corrected chi connectivity index (χ1v) is 9.35. The lowest BCUT2D eigenvalue weighted by Gasteiger charge is -2.34. The molecule has 0 saturated heterocycles. The van der Waals surface area contributed by atoms with Crippen LogP contribution in [0.5, 0.6) is 0 Å². The number of halogens is 1. The van der Waals surface area contributed by atoms with Gasteiger partial charge in [-0.15, -0.1) is 0 Å². The topological polar surface area (TPSA) is 68.3 Å². The van der Waals surface area contributed by atoms with E-state index in [1.165, 1.54) is 12.5 Å². The molecule has 1 aromatic heterocycles. The second kappa shape index (κ2) is 8.04. The number of carbonyl (C=O) groups excluding carboxylic acids is 2. The lowest BCUT2D eigenvalue weighted by molar-refractivity contribution is -0.125. The molecule has 1 aliphatic carbocycles. The minimum atomic E-state index is -0.578. The van der Waals surface area contributed by atoms with Crippen molar-refractivity contribution in [2.24, 2.45) is 11.8 Å². The Morgan fingerprint density at radius 2 is 2.04 bits per heavy atom. The van der Waals surface area contributed by atoms with Gasteiger partial charge in [0.25, 0.3) is 5.91 Å². The number of hydrogen-bond acceptors (Lipinski definition) is 4. The maximum atomic E-state index is 12.4. The first-order chi connectivity index (χ1) is 12.5. The van der Waals surface area contributed by atoms with Crippen LogP contribution in [-0.4, -0.2) is 29.5 Å². The average molecular weight is 375 g/mol. The van der Waals surface area contributed by atoms with Crippen LogP contribution < -0.4 is 5.32 Å². The second-order valence-corrected chi connectivity index (χ2v) is 7.41. The normalized spacial score (nSPS) is 22.8. The molecule has 1 saturated carbocycles. The number of para-hydroxylation sites is 1. The maximum Gasteiger partial charge on any atom is 0.339 e. The molecule has 1 heterocycles. The van der Waals surface area contributed by atoms with E-state index in [1.54, 1.807) is 12.1 Å². The summed E-state index contributed by atoms with van der Waals surface area (Å²) in [5.41, 5.74) is 0.925. The lowest BCUT2D eigenvalue weighted by Crippen LogP contribution is -2.45. The highest BCUT2D eigenvalue weighted by molar-refractivity contribution is 6.30. The van der Waals surface area contributed by atoms with Gasteiger partial charge in [-0.25, -0.2) is 9.78 Å². The van der Waals surface area contributed by atoms with Crippen molar-refractivity contribution in [3.8, 4) is 0 Å². The van der Waals surface area contributed by atoms with E-state index in [0.717, 1.165) is 12.8 Å². The summed E-state index contributed by atoms with van der Waals surface area (Å²) >= 11 is 5.99. The van der Waals surface area contributed by atoms with E-state index in [0.29, 0.717) is 28.3 Å². The molecule has 0 bridgehead atoms. The van der Waals surface area contributed by atoms with Crippen molar-refractivity contribution in [1.82, 2.24) is 10.3 Å². The van der Waals surface area contributed by atoms with Gasteiger partial charge >= 0.3 is 5.97 Å². The largest absolute Gasteiger partial charge is 0.452 e. The molecule has 0 radical (unpaired) electrons. The van der Waals surface area contributed by atoms with Crippen molar-refractivity contribution in [1.29, 1.82) is 0 Å². The first kappa shape index (κ1) is 18.6. The molecule has 1 fully saturated rings. The third kappa shape index (κ3) is 4.15. The predicted molar refractivity (Wildman–Crippen MR) is 101 cm³/mol. The van der Waals surface area contributed by atoms with Crippen molar-refractivity contribution in [2.45, 2.75) is 39.2 Å². The van der Waals surface area contributed by atoms with E-state index >= 15 is 0 Å². The minimum Gasteiger partial charge on any atom is -0.452 e. The number of ether oxygens (including phenoxy) is 1. The molecule has 1 aliphatic rings.